The van der Waals surface area contributed by atoms with Crippen LogP contribution in [0.3, 0.4) is 0 Å². The number of rotatable bonds is 5. The fourth-order valence-corrected chi connectivity index (χ4v) is 3.75. The smallest absolute Gasteiger partial charge is 0.376 e. The molecule has 0 bridgehead atoms. The predicted octanol–water partition coefficient (Wildman–Crippen LogP) is 4.62. The fraction of sp³-hybridized carbons (Fsp3) is 0.0455. The summed E-state index contributed by atoms with van der Waals surface area (Å²) in [6, 6.07) is 15.7. The van der Waals surface area contributed by atoms with Gasteiger partial charge in [0.1, 0.15) is 5.75 Å². The standard InChI is InChI=1S/C22H12ClF3N2O5S/c23-14-8-4-12(5-9-14)19(27-17-3-1-2-16-18(17)21(30)28-20(16)29)13-6-10-15(11-7-13)33-34(31,32)22(24,25)26/h1-11H,(H,28,29,30). The summed E-state index contributed by atoms with van der Waals surface area (Å²) >= 11 is 5.96. The van der Waals surface area contributed by atoms with Crippen LogP contribution in [0, 0.1) is 0 Å². The van der Waals surface area contributed by atoms with E-state index in [1.54, 1.807) is 30.3 Å². The molecule has 1 aliphatic rings. The zero-order valence-electron chi connectivity index (χ0n) is 16.8. The summed E-state index contributed by atoms with van der Waals surface area (Å²) in [5.41, 5.74) is -3.98. The molecular formula is C22H12ClF3N2O5S. The number of fused-ring (bicyclic) bond motifs is 1. The molecule has 0 aliphatic carbocycles. The van der Waals surface area contributed by atoms with Gasteiger partial charge in [0.05, 0.1) is 22.5 Å². The third kappa shape index (κ3) is 4.52. The summed E-state index contributed by atoms with van der Waals surface area (Å²) in [7, 11) is -5.83. The maximum atomic E-state index is 12.6. The first kappa shape index (κ1) is 23.5. The summed E-state index contributed by atoms with van der Waals surface area (Å²) in [6.45, 7) is 0. The Kier molecular flexibility index (Phi) is 5.92. The lowest BCUT2D eigenvalue weighted by Crippen LogP contribution is -2.28. The third-order valence-electron chi connectivity index (χ3n) is 4.71. The fourth-order valence-electron chi connectivity index (χ4n) is 3.16. The molecule has 3 aromatic carbocycles. The molecule has 1 heterocycles. The van der Waals surface area contributed by atoms with Crippen molar-refractivity contribution in [3.8, 4) is 5.75 Å². The number of benzene rings is 3. The Morgan fingerprint density at radius 2 is 1.47 bits per heavy atom. The molecule has 0 saturated heterocycles. The molecule has 0 unspecified atom stereocenters. The number of hydrogen-bond acceptors (Lipinski definition) is 6. The van der Waals surface area contributed by atoms with E-state index in [9.17, 15) is 31.2 Å². The van der Waals surface area contributed by atoms with Crippen molar-refractivity contribution in [1.82, 2.24) is 5.32 Å². The Morgan fingerprint density at radius 1 is 0.882 bits per heavy atom. The number of imide groups is 1. The average molecular weight is 509 g/mol. The number of carbonyl (C=O) groups is 2. The number of aliphatic imine (C=N–C) groups is 1. The van der Waals surface area contributed by atoms with Gasteiger partial charge in [-0.15, -0.1) is 0 Å². The largest absolute Gasteiger partial charge is 0.534 e. The number of alkyl halides is 3. The molecule has 3 aromatic rings. The first-order valence-electron chi connectivity index (χ1n) is 9.41. The molecule has 4 rings (SSSR count). The molecule has 1 N–H and O–H groups in total. The van der Waals surface area contributed by atoms with Gasteiger partial charge in [-0.25, -0.2) is 4.99 Å². The maximum Gasteiger partial charge on any atom is 0.534 e. The SMILES string of the molecule is O=C1NC(=O)c2c(N=C(c3ccc(Cl)cc3)c3ccc(OS(=O)(=O)C(F)(F)F)cc3)cccc21. The molecule has 1 aliphatic heterocycles. The van der Waals surface area contributed by atoms with E-state index in [0.29, 0.717) is 16.1 Å². The van der Waals surface area contributed by atoms with Gasteiger partial charge in [-0.3, -0.25) is 14.9 Å². The summed E-state index contributed by atoms with van der Waals surface area (Å²) in [5, 5.41) is 2.63. The monoisotopic (exact) mass is 508 g/mol. The predicted molar refractivity (Wildman–Crippen MR) is 117 cm³/mol. The zero-order valence-corrected chi connectivity index (χ0v) is 18.3. The quantitative estimate of drug-likeness (QED) is 0.234. The molecule has 174 valence electrons. The van der Waals surface area contributed by atoms with Crippen LogP contribution < -0.4 is 9.50 Å². The van der Waals surface area contributed by atoms with Crippen LogP contribution in [0.1, 0.15) is 31.8 Å². The van der Waals surface area contributed by atoms with Crippen LogP contribution in [0.25, 0.3) is 0 Å². The Morgan fingerprint density at radius 3 is 2.06 bits per heavy atom. The molecule has 7 nitrogen and oxygen atoms in total. The summed E-state index contributed by atoms with van der Waals surface area (Å²) < 4.78 is 64.4. The number of amides is 2. The van der Waals surface area contributed by atoms with Crippen LogP contribution in [0.2, 0.25) is 5.02 Å². The van der Waals surface area contributed by atoms with Crippen LogP contribution in [-0.2, 0) is 10.1 Å². The van der Waals surface area contributed by atoms with Crippen molar-refractivity contribution >= 4 is 44.9 Å². The van der Waals surface area contributed by atoms with Crippen LogP contribution in [0.5, 0.6) is 5.75 Å². The highest BCUT2D eigenvalue weighted by molar-refractivity contribution is 7.88. The second-order valence-electron chi connectivity index (χ2n) is 6.96. The van der Waals surface area contributed by atoms with Gasteiger partial charge in [-0.1, -0.05) is 29.8 Å². The molecule has 0 aromatic heterocycles. The van der Waals surface area contributed by atoms with Crippen molar-refractivity contribution in [1.29, 1.82) is 0 Å². The Labute approximate surface area is 196 Å². The molecule has 0 spiro atoms. The van der Waals surface area contributed by atoms with Crippen LogP contribution in [-0.4, -0.2) is 31.5 Å². The number of hydrogen-bond donors (Lipinski definition) is 1. The Balaban J connectivity index is 1.80. The van der Waals surface area contributed by atoms with Crippen molar-refractivity contribution in [2.75, 3.05) is 0 Å². The molecule has 0 fully saturated rings. The van der Waals surface area contributed by atoms with E-state index in [0.717, 1.165) is 12.1 Å². The number of halogens is 4. The van der Waals surface area contributed by atoms with Gasteiger partial charge < -0.3 is 4.18 Å². The van der Waals surface area contributed by atoms with Crippen molar-refractivity contribution in [2.45, 2.75) is 5.51 Å². The van der Waals surface area contributed by atoms with Crippen molar-refractivity contribution < 1.29 is 35.4 Å². The highest BCUT2D eigenvalue weighted by Crippen LogP contribution is 2.30. The van der Waals surface area contributed by atoms with Crippen molar-refractivity contribution in [2.24, 2.45) is 4.99 Å². The Hall–Kier alpha value is -3.70. The highest BCUT2D eigenvalue weighted by Gasteiger charge is 2.48. The van der Waals surface area contributed by atoms with Crippen LogP contribution in [0.4, 0.5) is 18.9 Å². The van der Waals surface area contributed by atoms with Crippen molar-refractivity contribution in [3.05, 3.63) is 94.0 Å². The second kappa shape index (κ2) is 8.58. The first-order valence-corrected chi connectivity index (χ1v) is 11.2. The molecule has 0 saturated carbocycles. The Bertz CT molecular complexity index is 1430. The lowest BCUT2D eigenvalue weighted by Gasteiger charge is -2.12. The zero-order chi connectivity index (χ0) is 24.7. The van der Waals surface area contributed by atoms with Gasteiger partial charge in [0.2, 0.25) is 0 Å². The minimum atomic E-state index is -5.83. The van der Waals surface area contributed by atoms with Gasteiger partial charge >= 0.3 is 15.6 Å². The summed E-state index contributed by atoms with van der Waals surface area (Å²) in [5.74, 6) is -1.73. The van der Waals surface area contributed by atoms with Crippen LogP contribution in [0.15, 0.2) is 71.7 Å². The first-order chi connectivity index (χ1) is 16.0. The van der Waals surface area contributed by atoms with Crippen LogP contribution >= 0.6 is 11.6 Å². The maximum absolute atomic E-state index is 12.6. The molecule has 12 heteroatoms. The molecule has 2 amide bonds. The van der Waals surface area contributed by atoms with E-state index < -0.39 is 33.2 Å². The minimum Gasteiger partial charge on any atom is -0.376 e. The van der Waals surface area contributed by atoms with Gasteiger partial charge in [0.25, 0.3) is 11.8 Å². The lowest BCUT2D eigenvalue weighted by molar-refractivity contribution is -0.0500. The summed E-state index contributed by atoms with van der Waals surface area (Å²) in [6.07, 6.45) is 0. The van der Waals surface area contributed by atoms with Gasteiger partial charge in [-0.05, 0) is 48.5 Å². The lowest BCUT2D eigenvalue weighted by atomic mass is 10.0. The van der Waals surface area contributed by atoms with E-state index in [4.69, 9.17) is 11.6 Å². The number of carbonyl (C=O) groups excluding carboxylic acids is 2. The van der Waals surface area contributed by atoms with E-state index in [-0.39, 0.29) is 22.5 Å². The van der Waals surface area contributed by atoms with Gasteiger partial charge in [-0.2, -0.15) is 21.6 Å². The third-order valence-corrected chi connectivity index (χ3v) is 5.94. The molecule has 0 radical (unpaired) electrons. The van der Waals surface area contributed by atoms with Gasteiger partial charge in [0, 0.05) is 16.1 Å². The number of nitrogens with zero attached hydrogens (tertiary/aromatic N) is 1. The van der Waals surface area contributed by atoms with E-state index in [2.05, 4.69) is 14.5 Å². The minimum absolute atomic E-state index is 0.0789. The molecule has 34 heavy (non-hydrogen) atoms. The topological polar surface area (TPSA) is 102 Å². The summed E-state index contributed by atoms with van der Waals surface area (Å²) in [4.78, 5) is 28.8. The molecule has 0 atom stereocenters. The van der Waals surface area contributed by atoms with E-state index in [1.165, 1.54) is 24.3 Å². The van der Waals surface area contributed by atoms with Crippen molar-refractivity contribution in [3.63, 3.8) is 0 Å². The molecular weight excluding hydrogens is 497 g/mol. The number of nitrogens with one attached hydrogen (secondary N) is 1. The van der Waals surface area contributed by atoms with E-state index in [1.807, 2.05) is 0 Å². The van der Waals surface area contributed by atoms with Gasteiger partial charge in [0.15, 0.2) is 0 Å². The highest BCUT2D eigenvalue weighted by atomic mass is 35.5. The van der Waals surface area contributed by atoms with E-state index >= 15 is 0 Å². The average Bonchev–Trinajstić information content (AvgIpc) is 3.07. The normalized spacial score (nSPS) is 14.1. The second-order valence-corrected chi connectivity index (χ2v) is 8.93.